The number of rotatable bonds is 4. The van der Waals surface area contributed by atoms with Gasteiger partial charge in [0.2, 0.25) is 0 Å². The third-order valence-electron chi connectivity index (χ3n) is 2.96. The Morgan fingerprint density at radius 1 is 1.44 bits per heavy atom. The summed E-state index contributed by atoms with van der Waals surface area (Å²) in [6.07, 6.45) is 0. The normalized spacial score (nSPS) is 17.7. The van der Waals surface area contributed by atoms with Crippen LogP contribution in [-0.4, -0.2) is 26.9 Å². The topological polar surface area (TPSA) is 30.5 Å². The monoisotopic (exact) mass is 221 g/mol. The highest BCUT2D eigenvalue weighted by Crippen LogP contribution is 2.30. The second-order valence-electron chi connectivity index (χ2n) is 4.86. The van der Waals surface area contributed by atoms with Crippen molar-refractivity contribution in [2.75, 3.05) is 32.2 Å². The van der Waals surface area contributed by atoms with E-state index in [1.807, 2.05) is 6.07 Å². The summed E-state index contributed by atoms with van der Waals surface area (Å²) in [5, 5.41) is 3.44. The summed E-state index contributed by atoms with van der Waals surface area (Å²) in [6, 6.07) is 6.16. The zero-order chi connectivity index (χ0) is 11.6. The molecule has 0 aliphatic carbocycles. The Balaban J connectivity index is 2.04. The molecule has 0 bridgehead atoms. The van der Waals surface area contributed by atoms with Gasteiger partial charge in [-0.15, -0.1) is 0 Å². The quantitative estimate of drug-likeness (QED) is 0.847. The van der Waals surface area contributed by atoms with Crippen LogP contribution in [0.5, 0.6) is 5.75 Å². The third-order valence-corrected chi connectivity index (χ3v) is 2.96. The van der Waals surface area contributed by atoms with Crippen molar-refractivity contribution >= 4 is 5.69 Å². The van der Waals surface area contributed by atoms with Crippen molar-refractivity contribution in [1.29, 1.82) is 0 Å². The molecule has 0 amide bonds. The number of anilines is 1. The van der Waals surface area contributed by atoms with E-state index in [9.17, 15) is 0 Å². The van der Waals surface area contributed by atoms with E-state index in [-0.39, 0.29) is 5.41 Å². The fraction of sp³-hybridized carbons (Fsp3) is 0.538. The molecule has 1 heterocycles. The highest BCUT2D eigenvalue weighted by Gasteiger charge is 2.33. The van der Waals surface area contributed by atoms with Gasteiger partial charge in [0.05, 0.1) is 26.0 Å². The van der Waals surface area contributed by atoms with Gasteiger partial charge in [-0.25, -0.2) is 0 Å². The van der Waals surface area contributed by atoms with Crippen LogP contribution >= 0.6 is 0 Å². The fourth-order valence-corrected chi connectivity index (χ4v) is 1.82. The van der Waals surface area contributed by atoms with Crippen molar-refractivity contribution in [3.8, 4) is 5.75 Å². The highest BCUT2D eigenvalue weighted by molar-refractivity contribution is 5.58. The van der Waals surface area contributed by atoms with Gasteiger partial charge in [-0.05, 0) is 24.6 Å². The van der Waals surface area contributed by atoms with E-state index in [1.165, 1.54) is 5.56 Å². The van der Waals surface area contributed by atoms with E-state index >= 15 is 0 Å². The Labute approximate surface area is 96.8 Å². The maximum Gasteiger partial charge on any atom is 0.141 e. The summed E-state index contributed by atoms with van der Waals surface area (Å²) < 4.78 is 10.6. The minimum Gasteiger partial charge on any atom is -0.495 e. The van der Waals surface area contributed by atoms with Crippen molar-refractivity contribution in [1.82, 2.24) is 0 Å². The molecule has 3 heteroatoms. The summed E-state index contributed by atoms with van der Waals surface area (Å²) in [5.74, 6) is 0.898. The summed E-state index contributed by atoms with van der Waals surface area (Å²) in [5.41, 5.74) is 2.57. The van der Waals surface area contributed by atoms with Gasteiger partial charge in [0.25, 0.3) is 0 Å². The molecule has 1 aromatic rings. The van der Waals surface area contributed by atoms with Gasteiger partial charge in [-0.2, -0.15) is 0 Å². The molecule has 0 unspecified atom stereocenters. The van der Waals surface area contributed by atoms with E-state index in [4.69, 9.17) is 9.47 Å². The average molecular weight is 221 g/mol. The minimum absolute atomic E-state index is 0.273. The van der Waals surface area contributed by atoms with Crippen LogP contribution in [-0.2, 0) is 4.74 Å². The van der Waals surface area contributed by atoms with Crippen LogP contribution in [0.25, 0.3) is 0 Å². The molecule has 88 valence electrons. The Morgan fingerprint density at radius 3 is 2.75 bits per heavy atom. The maximum atomic E-state index is 5.32. The molecule has 1 fully saturated rings. The van der Waals surface area contributed by atoms with Crippen LogP contribution < -0.4 is 10.1 Å². The number of benzene rings is 1. The van der Waals surface area contributed by atoms with Gasteiger partial charge >= 0.3 is 0 Å². The summed E-state index contributed by atoms with van der Waals surface area (Å²) >= 11 is 0. The minimum atomic E-state index is 0.273. The van der Waals surface area contributed by atoms with E-state index in [2.05, 4.69) is 31.3 Å². The van der Waals surface area contributed by atoms with Crippen molar-refractivity contribution < 1.29 is 9.47 Å². The molecular formula is C13H19NO2. The van der Waals surface area contributed by atoms with Crippen LogP contribution in [0, 0.1) is 12.3 Å². The van der Waals surface area contributed by atoms with Crippen molar-refractivity contribution in [2.45, 2.75) is 13.8 Å². The van der Waals surface area contributed by atoms with Gasteiger partial charge in [0, 0.05) is 12.0 Å². The first-order valence-corrected chi connectivity index (χ1v) is 5.59. The zero-order valence-electron chi connectivity index (χ0n) is 10.2. The first-order valence-electron chi connectivity index (χ1n) is 5.59. The molecule has 3 nitrogen and oxygen atoms in total. The molecule has 1 aliphatic heterocycles. The smallest absolute Gasteiger partial charge is 0.141 e. The summed E-state index contributed by atoms with van der Waals surface area (Å²) in [7, 11) is 1.70. The van der Waals surface area contributed by atoms with Gasteiger partial charge in [0.1, 0.15) is 5.75 Å². The van der Waals surface area contributed by atoms with Gasteiger partial charge in [-0.1, -0.05) is 13.0 Å². The van der Waals surface area contributed by atoms with E-state index in [0.29, 0.717) is 0 Å². The first-order chi connectivity index (χ1) is 7.63. The predicted octanol–water partition coefficient (Wildman–Crippen LogP) is 2.45. The Bertz CT molecular complexity index is 372. The molecule has 0 radical (unpaired) electrons. The number of aryl methyl sites for hydroxylation is 1. The lowest BCUT2D eigenvalue weighted by Crippen LogP contribution is -2.45. The third kappa shape index (κ3) is 2.30. The fourth-order valence-electron chi connectivity index (χ4n) is 1.82. The molecule has 0 aromatic heterocycles. The number of hydrogen-bond donors (Lipinski definition) is 1. The lowest BCUT2D eigenvalue weighted by molar-refractivity contribution is -0.0924. The molecule has 1 saturated heterocycles. The molecule has 2 rings (SSSR count). The lowest BCUT2D eigenvalue weighted by Gasteiger charge is -2.38. The zero-order valence-corrected chi connectivity index (χ0v) is 10.2. The predicted molar refractivity (Wildman–Crippen MR) is 65.1 cm³/mol. The van der Waals surface area contributed by atoms with Crippen LogP contribution in [0.2, 0.25) is 0 Å². The van der Waals surface area contributed by atoms with Crippen molar-refractivity contribution in [3.63, 3.8) is 0 Å². The Hall–Kier alpha value is -1.22. The number of methoxy groups -OCH3 is 1. The van der Waals surface area contributed by atoms with Crippen LogP contribution in [0.15, 0.2) is 18.2 Å². The largest absolute Gasteiger partial charge is 0.495 e. The van der Waals surface area contributed by atoms with Gasteiger partial charge < -0.3 is 14.8 Å². The van der Waals surface area contributed by atoms with Crippen LogP contribution in [0.1, 0.15) is 12.5 Å². The van der Waals surface area contributed by atoms with Gasteiger partial charge in [-0.3, -0.25) is 0 Å². The van der Waals surface area contributed by atoms with E-state index in [1.54, 1.807) is 7.11 Å². The molecule has 16 heavy (non-hydrogen) atoms. The first kappa shape index (κ1) is 11.3. The second kappa shape index (κ2) is 4.34. The standard InChI is InChI=1S/C13H19NO2/c1-10-4-5-12(15-3)11(6-10)14-7-13(2)8-16-9-13/h4-6,14H,7-9H2,1-3H3. The number of hydrogen-bond acceptors (Lipinski definition) is 3. The molecule has 0 atom stereocenters. The summed E-state index contributed by atoms with van der Waals surface area (Å²) in [6.45, 7) is 6.92. The maximum absolute atomic E-state index is 5.32. The molecular weight excluding hydrogens is 202 g/mol. The van der Waals surface area contributed by atoms with Crippen LogP contribution in [0.3, 0.4) is 0 Å². The SMILES string of the molecule is COc1ccc(C)cc1NCC1(C)COC1. The Morgan fingerprint density at radius 2 is 2.19 bits per heavy atom. The highest BCUT2D eigenvalue weighted by atomic mass is 16.5. The molecule has 1 aliphatic rings. The average Bonchev–Trinajstić information content (AvgIpc) is 2.24. The second-order valence-corrected chi connectivity index (χ2v) is 4.86. The number of ether oxygens (including phenoxy) is 2. The van der Waals surface area contributed by atoms with E-state index in [0.717, 1.165) is 31.2 Å². The molecule has 1 aromatic carbocycles. The van der Waals surface area contributed by atoms with Crippen molar-refractivity contribution in [2.24, 2.45) is 5.41 Å². The lowest BCUT2D eigenvalue weighted by atomic mass is 9.88. The number of nitrogens with one attached hydrogen (secondary N) is 1. The van der Waals surface area contributed by atoms with E-state index < -0.39 is 0 Å². The molecule has 0 spiro atoms. The van der Waals surface area contributed by atoms with Crippen LogP contribution in [0.4, 0.5) is 5.69 Å². The Kier molecular flexibility index (Phi) is 3.06. The molecule has 0 saturated carbocycles. The van der Waals surface area contributed by atoms with Gasteiger partial charge in [0.15, 0.2) is 0 Å². The summed E-state index contributed by atoms with van der Waals surface area (Å²) in [4.78, 5) is 0. The van der Waals surface area contributed by atoms with Crippen molar-refractivity contribution in [3.05, 3.63) is 23.8 Å². The molecule has 1 N–H and O–H groups in total.